The van der Waals surface area contributed by atoms with Gasteiger partial charge in [-0.1, -0.05) is 11.6 Å². The van der Waals surface area contributed by atoms with E-state index in [0.29, 0.717) is 5.02 Å². The van der Waals surface area contributed by atoms with Crippen molar-refractivity contribution in [2.45, 2.75) is 19.4 Å². The van der Waals surface area contributed by atoms with E-state index >= 15 is 0 Å². The van der Waals surface area contributed by atoms with Crippen molar-refractivity contribution in [3.8, 4) is 11.3 Å². The Balaban J connectivity index is 2.30. The second kappa shape index (κ2) is 5.25. The molecule has 0 radical (unpaired) electrons. The van der Waals surface area contributed by atoms with Crippen molar-refractivity contribution in [2.24, 2.45) is 5.73 Å². The predicted molar refractivity (Wildman–Crippen MR) is 74.2 cm³/mol. The van der Waals surface area contributed by atoms with Gasteiger partial charge in [-0.05, 0) is 53.2 Å². The average molecular weight is 315 g/mol. The summed E-state index contributed by atoms with van der Waals surface area (Å²) in [6.07, 6.45) is 0.741. The molecule has 0 aliphatic rings. The van der Waals surface area contributed by atoms with Gasteiger partial charge in [0.1, 0.15) is 11.5 Å². The summed E-state index contributed by atoms with van der Waals surface area (Å²) in [6.45, 7) is 1.96. The molecule has 17 heavy (non-hydrogen) atoms. The van der Waals surface area contributed by atoms with Gasteiger partial charge in [0.05, 0.1) is 0 Å². The SMILES string of the molecule is CC(N)Cc1ccc(-c2ccc(Cl)cc2Br)o1. The highest BCUT2D eigenvalue weighted by Crippen LogP contribution is 2.31. The van der Waals surface area contributed by atoms with E-state index in [4.69, 9.17) is 21.8 Å². The highest BCUT2D eigenvalue weighted by molar-refractivity contribution is 9.10. The van der Waals surface area contributed by atoms with E-state index < -0.39 is 0 Å². The molecule has 2 aromatic rings. The van der Waals surface area contributed by atoms with Crippen molar-refractivity contribution in [3.63, 3.8) is 0 Å². The summed E-state index contributed by atoms with van der Waals surface area (Å²) in [5, 5.41) is 0.697. The Kier molecular flexibility index (Phi) is 3.92. The number of furan rings is 1. The van der Waals surface area contributed by atoms with Crippen molar-refractivity contribution < 1.29 is 4.42 Å². The summed E-state index contributed by atoms with van der Waals surface area (Å²) in [4.78, 5) is 0. The molecule has 2 N–H and O–H groups in total. The molecular formula is C13H13BrClNO. The van der Waals surface area contributed by atoms with E-state index in [1.807, 2.05) is 37.3 Å². The molecule has 1 atom stereocenters. The zero-order chi connectivity index (χ0) is 12.4. The fourth-order valence-corrected chi connectivity index (χ4v) is 2.52. The molecule has 0 saturated heterocycles. The van der Waals surface area contributed by atoms with Gasteiger partial charge in [-0.2, -0.15) is 0 Å². The van der Waals surface area contributed by atoms with Crippen LogP contribution in [0.15, 0.2) is 39.2 Å². The lowest BCUT2D eigenvalue weighted by Gasteiger charge is -2.03. The molecule has 90 valence electrons. The molecule has 2 nitrogen and oxygen atoms in total. The minimum atomic E-state index is 0.0997. The largest absolute Gasteiger partial charge is 0.461 e. The molecule has 2 rings (SSSR count). The predicted octanol–water partition coefficient (Wildman–Crippen LogP) is 4.25. The van der Waals surface area contributed by atoms with Crippen molar-refractivity contribution >= 4 is 27.5 Å². The molecule has 1 unspecified atom stereocenters. The maximum atomic E-state index is 5.90. The Morgan fingerprint density at radius 1 is 1.35 bits per heavy atom. The minimum absolute atomic E-state index is 0.0997. The Labute approximate surface area is 114 Å². The molecule has 1 heterocycles. The van der Waals surface area contributed by atoms with Crippen LogP contribution < -0.4 is 5.73 Å². The fraction of sp³-hybridized carbons (Fsp3) is 0.231. The molecule has 1 aromatic carbocycles. The molecule has 0 spiro atoms. The van der Waals surface area contributed by atoms with Crippen LogP contribution in [0.4, 0.5) is 0 Å². The minimum Gasteiger partial charge on any atom is -0.461 e. The molecule has 1 aromatic heterocycles. The first kappa shape index (κ1) is 12.7. The smallest absolute Gasteiger partial charge is 0.135 e. The van der Waals surface area contributed by atoms with Gasteiger partial charge in [0.25, 0.3) is 0 Å². The molecule has 0 saturated carbocycles. The third-order valence-electron chi connectivity index (χ3n) is 2.38. The van der Waals surface area contributed by atoms with Crippen LogP contribution in [0, 0.1) is 0 Å². The van der Waals surface area contributed by atoms with Gasteiger partial charge in [0.15, 0.2) is 0 Å². The molecule has 0 aliphatic heterocycles. The molecule has 0 amide bonds. The Bertz CT molecular complexity index is 522. The van der Waals surface area contributed by atoms with Crippen LogP contribution in [0.5, 0.6) is 0 Å². The number of rotatable bonds is 3. The number of nitrogens with two attached hydrogens (primary N) is 1. The van der Waals surface area contributed by atoms with Gasteiger partial charge < -0.3 is 10.2 Å². The zero-order valence-electron chi connectivity index (χ0n) is 9.41. The second-order valence-corrected chi connectivity index (χ2v) is 5.36. The van der Waals surface area contributed by atoms with E-state index in [1.54, 1.807) is 0 Å². The van der Waals surface area contributed by atoms with E-state index in [1.165, 1.54) is 0 Å². The first-order valence-corrected chi connectivity index (χ1v) is 6.53. The Morgan fingerprint density at radius 2 is 2.12 bits per heavy atom. The first-order valence-electron chi connectivity index (χ1n) is 5.36. The van der Waals surface area contributed by atoms with Crippen molar-refractivity contribution in [2.75, 3.05) is 0 Å². The number of benzene rings is 1. The van der Waals surface area contributed by atoms with Crippen molar-refractivity contribution in [1.82, 2.24) is 0 Å². The van der Waals surface area contributed by atoms with Gasteiger partial charge in [-0.25, -0.2) is 0 Å². The molecular weight excluding hydrogens is 302 g/mol. The highest BCUT2D eigenvalue weighted by atomic mass is 79.9. The van der Waals surface area contributed by atoms with Crippen molar-refractivity contribution in [3.05, 3.63) is 45.6 Å². The van der Waals surface area contributed by atoms with E-state index in [9.17, 15) is 0 Å². The van der Waals surface area contributed by atoms with Crippen LogP contribution in [0.1, 0.15) is 12.7 Å². The van der Waals surface area contributed by atoms with E-state index in [0.717, 1.165) is 28.0 Å². The Hall–Kier alpha value is -0.770. The number of halogens is 2. The maximum absolute atomic E-state index is 5.90. The fourth-order valence-electron chi connectivity index (χ4n) is 1.64. The molecule has 0 bridgehead atoms. The van der Waals surface area contributed by atoms with Crippen LogP contribution in [0.3, 0.4) is 0 Å². The lowest BCUT2D eigenvalue weighted by atomic mass is 10.2. The van der Waals surface area contributed by atoms with E-state index in [2.05, 4.69) is 15.9 Å². The summed E-state index contributed by atoms with van der Waals surface area (Å²) in [5.41, 5.74) is 6.73. The summed E-state index contributed by atoms with van der Waals surface area (Å²) in [6, 6.07) is 9.63. The monoisotopic (exact) mass is 313 g/mol. The van der Waals surface area contributed by atoms with Crippen LogP contribution in [0.25, 0.3) is 11.3 Å². The normalized spacial score (nSPS) is 12.7. The van der Waals surface area contributed by atoms with Gasteiger partial charge >= 0.3 is 0 Å². The summed E-state index contributed by atoms with van der Waals surface area (Å²) >= 11 is 9.38. The number of hydrogen-bond donors (Lipinski definition) is 1. The van der Waals surface area contributed by atoms with Gasteiger partial charge in [-0.15, -0.1) is 0 Å². The topological polar surface area (TPSA) is 39.2 Å². The highest BCUT2D eigenvalue weighted by Gasteiger charge is 2.09. The average Bonchev–Trinajstić information content (AvgIpc) is 2.65. The standard InChI is InChI=1S/C13H13BrClNO/c1-8(16)6-10-3-5-13(17-10)11-4-2-9(15)7-12(11)14/h2-5,7-8H,6,16H2,1H3. The van der Waals surface area contributed by atoms with E-state index in [-0.39, 0.29) is 6.04 Å². The first-order chi connectivity index (χ1) is 8.06. The number of hydrogen-bond acceptors (Lipinski definition) is 2. The van der Waals surface area contributed by atoms with Gasteiger partial charge in [0.2, 0.25) is 0 Å². The second-order valence-electron chi connectivity index (χ2n) is 4.07. The molecule has 0 fully saturated rings. The zero-order valence-corrected chi connectivity index (χ0v) is 11.8. The molecule has 4 heteroatoms. The summed E-state index contributed by atoms with van der Waals surface area (Å²) in [5.74, 6) is 1.72. The van der Waals surface area contributed by atoms with Crippen molar-refractivity contribution in [1.29, 1.82) is 0 Å². The van der Waals surface area contributed by atoms with Crippen LogP contribution in [-0.4, -0.2) is 6.04 Å². The lowest BCUT2D eigenvalue weighted by Crippen LogP contribution is -2.17. The summed E-state index contributed by atoms with van der Waals surface area (Å²) in [7, 11) is 0. The quantitative estimate of drug-likeness (QED) is 0.919. The van der Waals surface area contributed by atoms with Crippen LogP contribution >= 0.6 is 27.5 Å². The van der Waals surface area contributed by atoms with Gasteiger partial charge in [0, 0.05) is 27.5 Å². The maximum Gasteiger partial charge on any atom is 0.135 e. The third kappa shape index (κ3) is 3.12. The van der Waals surface area contributed by atoms with Gasteiger partial charge in [-0.3, -0.25) is 0 Å². The third-order valence-corrected chi connectivity index (χ3v) is 3.27. The lowest BCUT2D eigenvalue weighted by molar-refractivity contribution is 0.503. The summed E-state index contributed by atoms with van der Waals surface area (Å²) < 4.78 is 6.67. The molecule has 0 aliphatic carbocycles. The Morgan fingerprint density at radius 3 is 2.76 bits per heavy atom. The van der Waals surface area contributed by atoms with Crippen LogP contribution in [-0.2, 0) is 6.42 Å². The van der Waals surface area contributed by atoms with Crippen LogP contribution in [0.2, 0.25) is 5.02 Å².